The van der Waals surface area contributed by atoms with Crippen molar-refractivity contribution in [2.24, 2.45) is 0 Å². The minimum Gasteiger partial charge on any atom is -0.399 e. The number of aromatic nitrogens is 3. The fourth-order valence-electron chi connectivity index (χ4n) is 1.60. The lowest BCUT2D eigenvalue weighted by Gasteiger charge is -1.93. The molecule has 2 heterocycles. The molecule has 3 aromatic rings. The van der Waals surface area contributed by atoms with Gasteiger partial charge in [-0.3, -0.25) is 9.38 Å². The summed E-state index contributed by atoms with van der Waals surface area (Å²) in [5.74, 6) is 0. The van der Waals surface area contributed by atoms with Gasteiger partial charge in [-0.1, -0.05) is 0 Å². The quantitative estimate of drug-likeness (QED) is 0.538. The second-order valence-corrected chi connectivity index (χ2v) is 3.16. The first-order valence-corrected chi connectivity index (χ1v) is 4.32. The molecular formula is C10H8N4. The van der Waals surface area contributed by atoms with Crippen LogP contribution in [0.2, 0.25) is 0 Å². The maximum absolute atomic E-state index is 5.68. The van der Waals surface area contributed by atoms with Gasteiger partial charge in [0.15, 0.2) is 5.65 Å². The molecule has 2 aromatic heterocycles. The average Bonchev–Trinajstić information content (AvgIpc) is 2.54. The lowest BCUT2D eigenvalue weighted by atomic mass is 10.3. The van der Waals surface area contributed by atoms with E-state index in [1.807, 2.05) is 28.8 Å². The molecule has 1 aromatic carbocycles. The van der Waals surface area contributed by atoms with Crippen molar-refractivity contribution < 1.29 is 0 Å². The molecule has 0 amide bonds. The van der Waals surface area contributed by atoms with Crippen LogP contribution in [0.1, 0.15) is 0 Å². The highest BCUT2D eigenvalue weighted by molar-refractivity contribution is 5.82. The molecule has 4 nitrogen and oxygen atoms in total. The van der Waals surface area contributed by atoms with Crippen molar-refractivity contribution in [1.82, 2.24) is 14.4 Å². The fourth-order valence-corrected chi connectivity index (χ4v) is 1.60. The van der Waals surface area contributed by atoms with E-state index in [-0.39, 0.29) is 0 Å². The Kier molecular flexibility index (Phi) is 1.28. The van der Waals surface area contributed by atoms with E-state index < -0.39 is 0 Å². The van der Waals surface area contributed by atoms with Crippen LogP contribution in [-0.2, 0) is 0 Å². The summed E-state index contributed by atoms with van der Waals surface area (Å²) in [6.45, 7) is 0. The van der Waals surface area contributed by atoms with Gasteiger partial charge in [0.25, 0.3) is 0 Å². The van der Waals surface area contributed by atoms with Gasteiger partial charge in [0.05, 0.1) is 17.2 Å². The third-order valence-corrected chi connectivity index (χ3v) is 2.23. The van der Waals surface area contributed by atoms with Crippen molar-refractivity contribution in [1.29, 1.82) is 0 Å². The molecule has 0 radical (unpaired) electrons. The smallest absolute Gasteiger partial charge is 0.156 e. The second-order valence-electron chi connectivity index (χ2n) is 3.16. The topological polar surface area (TPSA) is 56.2 Å². The molecule has 2 N–H and O–H groups in total. The third-order valence-electron chi connectivity index (χ3n) is 2.23. The number of imidazole rings is 1. The summed E-state index contributed by atoms with van der Waals surface area (Å²) in [5.41, 5.74) is 9.21. The summed E-state index contributed by atoms with van der Waals surface area (Å²) >= 11 is 0. The molecule has 0 aliphatic rings. The van der Waals surface area contributed by atoms with Crippen LogP contribution in [0.5, 0.6) is 0 Å². The van der Waals surface area contributed by atoms with Gasteiger partial charge in [0, 0.05) is 18.1 Å². The van der Waals surface area contributed by atoms with E-state index in [1.165, 1.54) is 0 Å². The van der Waals surface area contributed by atoms with Crippen LogP contribution in [0.25, 0.3) is 16.7 Å². The van der Waals surface area contributed by atoms with Gasteiger partial charge >= 0.3 is 0 Å². The number of nitrogens with two attached hydrogens (primary N) is 1. The highest BCUT2D eigenvalue weighted by Crippen LogP contribution is 2.17. The van der Waals surface area contributed by atoms with Crippen molar-refractivity contribution in [3.63, 3.8) is 0 Å². The SMILES string of the molecule is Nc1ccc2c(c1)nc1cnccn12. The molecule has 0 aliphatic carbocycles. The van der Waals surface area contributed by atoms with Gasteiger partial charge in [0.2, 0.25) is 0 Å². The molecule has 0 saturated carbocycles. The van der Waals surface area contributed by atoms with Crippen molar-refractivity contribution in [3.05, 3.63) is 36.8 Å². The summed E-state index contributed by atoms with van der Waals surface area (Å²) < 4.78 is 1.99. The van der Waals surface area contributed by atoms with Gasteiger partial charge < -0.3 is 5.73 Å². The number of rotatable bonds is 0. The number of benzene rings is 1. The van der Waals surface area contributed by atoms with E-state index in [2.05, 4.69) is 9.97 Å². The lowest BCUT2D eigenvalue weighted by Crippen LogP contribution is -1.85. The number of hydrogen-bond acceptors (Lipinski definition) is 3. The molecule has 0 spiro atoms. The van der Waals surface area contributed by atoms with Crippen LogP contribution >= 0.6 is 0 Å². The first-order chi connectivity index (χ1) is 6.84. The zero-order valence-electron chi connectivity index (χ0n) is 7.38. The zero-order chi connectivity index (χ0) is 9.54. The van der Waals surface area contributed by atoms with E-state index >= 15 is 0 Å². The standard InChI is InChI=1S/C10H8N4/c11-7-1-2-9-8(5-7)13-10-6-12-3-4-14(9)10/h1-6H,11H2. The number of anilines is 1. The number of nitrogen functional groups attached to an aromatic ring is 1. The number of hydrogen-bond donors (Lipinski definition) is 1. The predicted octanol–water partition coefficient (Wildman–Crippen LogP) is 1.46. The van der Waals surface area contributed by atoms with Gasteiger partial charge in [-0.15, -0.1) is 0 Å². The summed E-state index contributed by atoms with van der Waals surface area (Å²) in [6.07, 6.45) is 5.36. The summed E-state index contributed by atoms with van der Waals surface area (Å²) in [5, 5.41) is 0. The Hall–Kier alpha value is -2.10. The normalized spacial score (nSPS) is 11.1. The Balaban J connectivity index is 2.57. The highest BCUT2D eigenvalue weighted by atomic mass is 15.0. The Morgan fingerprint density at radius 1 is 1.29 bits per heavy atom. The Bertz CT molecular complexity index is 612. The van der Waals surface area contributed by atoms with Crippen LogP contribution in [0.3, 0.4) is 0 Å². The second kappa shape index (κ2) is 2.45. The van der Waals surface area contributed by atoms with Gasteiger partial charge in [-0.25, -0.2) is 4.98 Å². The molecule has 0 fully saturated rings. The molecule has 0 bridgehead atoms. The van der Waals surface area contributed by atoms with E-state index in [0.29, 0.717) is 0 Å². The summed E-state index contributed by atoms with van der Waals surface area (Å²) in [4.78, 5) is 8.41. The van der Waals surface area contributed by atoms with E-state index in [4.69, 9.17) is 5.73 Å². The van der Waals surface area contributed by atoms with Crippen LogP contribution in [0.4, 0.5) is 5.69 Å². The Labute approximate surface area is 80.0 Å². The third kappa shape index (κ3) is 0.877. The van der Waals surface area contributed by atoms with Crippen molar-refractivity contribution >= 4 is 22.4 Å². The van der Waals surface area contributed by atoms with Gasteiger partial charge in [0.1, 0.15) is 0 Å². The predicted molar refractivity (Wildman–Crippen MR) is 54.9 cm³/mol. The summed E-state index contributed by atoms with van der Waals surface area (Å²) in [7, 11) is 0. The van der Waals surface area contributed by atoms with Gasteiger partial charge in [-0.05, 0) is 18.2 Å². The molecule has 0 atom stereocenters. The summed E-state index contributed by atoms with van der Waals surface area (Å²) in [6, 6.07) is 5.70. The number of fused-ring (bicyclic) bond motifs is 3. The highest BCUT2D eigenvalue weighted by Gasteiger charge is 2.02. The van der Waals surface area contributed by atoms with Crippen LogP contribution in [0.15, 0.2) is 36.8 Å². The minimum atomic E-state index is 0.730. The maximum Gasteiger partial charge on any atom is 0.156 e. The molecule has 3 rings (SSSR count). The molecular weight excluding hydrogens is 176 g/mol. The van der Waals surface area contributed by atoms with Gasteiger partial charge in [-0.2, -0.15) is 0 Å². The zero-order valence-corrected chi connectivity index (χ0v) is 7.38. The molecule has 14 heavy (non-hydrogen) atoms. The Morgan fingerprint density at radius 3 is 3.14 bits per heavy atom. The maximum atomic E-state index is 5.68. The molecule has 0 saturated heterocycles. The van der Waals surface area contributed by atoms with Crippen LogP contribution in [-0.4, -0.2) is 14.4 Å². The first kappa shape index (κ1) is 7.32. The average molecular weight is 184 g/mol. The molecule has 0 unspecified atom stereocenters. The Morgan fingerprint density at radius 2 is 2.21 bits per heavy atom. The number of nitrogens with zero attached hydrogens (tertiary/aromatic N) is 3. The first-order valence-electron chi connectivity index (χ1n) is 4.32. The van der Waals surface area contributed by atoms with Crippen molar-refractivity contribution in [3.8, 4) is 0 Å². The van der Waals surface area contributed by atoms with E-state index in [9.17, 15) is 0 Å². The van der Waals surface area contributed by atoms with Crippen molar-refractivity contribution in [2.45, 2.75) is 0 Å². The van der Waals surface area contributed by atoms with E-state index in [1.54, 1.807) is 12.4 Å². The molecule has 68 valence electrons. The lowest BCUT2D eigenvalue weighted by molar-refractivity contribution is 1.15. The molecule has 4 heteroatoms. The van der Waals surface area contributed by atoms with E-state index in [0.717, 1.165) is 22.4 Å². The van der Waals surface area contributed by atoms with Crippen LogP contribution < -0.4 is 5.73 Å². The van der Waals surface area contributed by atoms with Crippen molar-refractivity contribution in [2.75, 3.05) is 5.73 Å². The fraction of sp³-hybridized carbons (Fsp3) is 0. The van der Waals surface area contributed by atoms with Crippen LogP contribution in [0, 0.1) is 0 Å². The monoisotopic (exact) mass is 184 g/mol. The molecule has 0 aliphatic heterocycles. The minimum absolute atomic E-state index is 0.730. The largest absolute Gasteiger partial charge is 0.399 e.